The minimum Gasteiger partial charge on any atom is -0.395 e. The van der Waals surface area contributed by atoms with Crippen molar-refractivity contribution >= 4 is 41.5 Å². The quantitative estimate of drug-likeness (QED) is 0.244. The van der Waals surface area contributed by atoms with E-state index in [4.69, 9.17) is 5.11 Å². The number of hydrogen-bond acceptors (Lipinski definition) is 8. The van der Waals surface area contributed by atoms with Crippen molar-refractivity contribution in [3.05, 3.63) is 35.8 Å². The van der Waals surface area contributed by atoms with Gasteiger partial charge in [0.15, 0.2) is 0 Å². The molecular weight excluding hydrogens is 440 g/mol. The van der Waals surface area contributed by atoms with Crippen molar-refractivity contribution in [2.75, 3.05) is 41.6 Å². The second-order valence-electron chi connectivity index (χ2n) is 8.24. The number of nitrogens with zero attached hydrogens (tertiary/aromatic N) is 2. The van der Waals surface area contributed by atoms with E-state index >= 15 is 0 Å². The lowest BCUT2D eigenvalue weighted by atomic mass is 9.92. The Bertz CT molecular complexity index is 876. The van der Waals surface area contributed by atoms with Crippen LogP contribution in [-0.4, -0.2) is 55.3 Å². The molecule has 2 amide bonds. The summed E-state index contributed by atoms with van der Waals surface area (Å²) in [7, 11) is 0. The lowest BCUT2D eigenvalue weighted by molar-refractivity contribution is -0.108. The lowest BCUT2D eigenvalue weighted by Gasteiger charge is -2.35. The molecule has 0 radical (unpaired) electrons. The number of anilines is 2. The minimum absolute atomic E-state index is 0.0957. The van der Waals surface area contributed by atoms with Gasteiger partial charge in [0.1, 0.15) is 5.82 Å². The molecular formula is C23H34N6O3S. The molecule has 0 saturated carbocycles. The van der Waals surface area contributed by atoms with Crippen molar-refractivity contribution < 1.29 is 14.7 Å². The summed E-state index contributed by atoms with van der Waals surface area (Å²) in [6, 6.07) is 5.69. The van der Waals surface area contributed by atoms with Crippen LogP contribution in [0.25, 0.3) is 0 Å². The number of amides is 2. The third-order valence-electron chi connectivity index (χ3n) is 5.71. The molecule has 2 aliphatic rings. The van der Waals surface area contributed by atoms with E-state index in [-0.39, 0.29) is 12.5 Å². The van der Waals surface area contributed by atoms with Gasteiger partial charge < -0.3 is 30.7 Å². The molecule has 1 aromatic carbocycles. The Morgan fingerprint density at radius 3 is 2.94 bits per heavy atom. The number of benzene rings is 1. The highest BCUT2D eigenvalue weighted by Gasteiger charge is 2.24. The van der Waals surface area contributed by atoms with E-state index in [9.17, 15) is 9.59 Å². The second kappa shape index (κ2) is 13.1. The Morgan fingerprint density at radius 1 is 1.27 bits per heavy atom. The number of aliphatic imine (C=N–C) groups is 1. The van der Waals surface area contributed by atoms with Crippen LogP contribution in [0.1, 0.15) is 49.4 Å². The molecule has 33 heavy (non-hydrogen) atoms. The fourth-order valence-electron chi connectivity index (χ4n) is 4.18. The zero-order chi connectivity index (χ0) is 23.5. The maximum Gasteiger partial charge on any atom is 0.258 e. The predicted molar refractivity (Wildman–Crippen MR) is 134 cm³/mol. The summed E-state index contributed by atoms with van der Waals surface area (Å²) in [6.45, 7) is 4.48. The van der Waals surface area contributed by atoms with E-state index in [0.717, 1.165) is 56.7 Å². The van der Waals surface area contributed by atoms with Crippen molar-refractivity contribution in [2.24, 2.45) is 10.9 Å². The summed E-state index contributed by atoms with van der Waals surface area (Å²) >= 11 is 1.43. The van der Waals surface area contributed by atoms with Gasteiger partial charge in [-0.1, -0.05) is 18.4 Å². The second-order valence-corrected chi connectivity index (χ2v) is 9.15. The van der Waals surface area contributed by atoms with Gasteiger partial charge >= 0.3 is 0 Å². The van der Waals surface area contributed by atoms with E-state index in [1.54, 1.807) is 0 Å². The first-order chi connectivity index (χ1) is 16.1. The van der Waals surface area contributed by atoms with Crippen LogP contribution >= 0.6 is 11.9 Å². The molecule has 0 spiro atoms. The van der Waals surface area contributed by atoms with Crippen molar-refractivity contribution in [3.63, 3.8) is 0 Å². The molecule has 10 heteroatoms. The van der Waals surface area contributed by atoms with Crippen molar-refractivity contribution in [3.8, 4) is 0 Å². The highest BCUT2D eigenvalue weighted by molar-refractivity contribution is 8.00. The Kier molecular flexibility index (Phi) is 9.89. The van der Waals surface area contributed by atoms with Gasteiger partial charge in [0.2, 0.25) is 6.41 Å². The van der Waals surface area contributed by atoms with Gasteiger partial charge in [-0.15, -0.1) is 0 Å². The Balaban J connectivity index is 1.94. The average Bonchev–Trinajstić information content (AvgIpc) is 2.82. The average molecular weight is 475 g/mol. The van der Waals surface area contributed by atoms with E-state index in [0.29, 0.717) is 35.3 Å². The van der Waals surface area contributed by atoms with Crippen molar-refractivity contribution in [1.29, 1.82) is 0 Å². The summed E-state index contributed by atoms with van der Waals surface area (Å²) in [5.74, 6) is 1.93. The van der Waals surface area contributed by atoms with Crippen LogP contribution in [0.4, 0.5) is 11.4 Å². The fourth-order valence-corrected chi connectivity index (χ4v) is 4.67. The van der Waals surface area contributed by atoms with Gasteiger partial charge in [-0.2, -0.15) is 0 Å². The molecule has 2 aliphatic heterocycles. The Morgan fingerprint density at radius 2 is 2.12 bits per heavy atom. The zero-order valence-corrected chi connectivity index (χ0v) is 19.9. The molecule has 0 aromatic heterocycles. The third kappa shape index (κ3) is 7.68. The first-order valence-corrected chi connectivity index (χ1v) is 12.5. The number of carbonyl (C=O) groups excluding carboxylic acids is 2. The zero-order valence-electron chi connectivity index (χ0n) is 19.1. The van der Waals surface area contributed by atoms with Crippen LogP contribution in [-0.2, 0) is 4.79 Å². The van der Waals surface area contributed by atoms with Crippen LogP contribution in [0, 0.1) is 5.92 Å². The molecule has 180 valence electrons. The number of nitrogens with one attached hydrogen (secondary N) is 4. The number of hydrogen-bond donors (Lipinski definition) is 5. The van der Waals surface area contributed by atoms with Crippen molar-refractivity contribution in [2.45, 2.75) is 39.0 Å². The van der Waals surface area contributed by atoms with Gasteiger partial charge in [-0.25, -0.2) is 0 Å². The van der Waals surface area contributed by atoms with Crippen LogP contribution < -0.4 is 25.6 Å². The molecule has 3 rings (SSSR count). The highest BCUT2D eigenvalue weighted by atomic mass is 32.2. The molecule has 0 aliphatic carbocycles. The first kappa shape index (κ1) is 24.9. The van der Waals surface area contributed by atoms with Crippen LogP contribution in [0.5, 0.6) is 0 Å². The smallest absolute Gasteiger partial charge is 0.258 e. The molecule has 2 bridgehead atoms. The topological polar surface area (TPSA) is 118 Å². The number of aliphatic hydroxyl groups excluding tert-OH is 1. The Labute approximate surface area is 199 Å². The summed E-state index contributed by atoms with van der Waals surface area (Å²) in [5.41, 5.74) is 2.34. The molecule has 1 aromatic rings. The predicted octanol–water partition coefficient (Wildman–Crippen LogP) is 2.42. The van der Waals surface area contributed by atoms with Gasteiger partial charge in [-0.3, -0.25) is 14.6 Å². The number of aliphatic hydroxyl groups is 1. The number of fused-ring (bicyclic) bond motifs is 4. The monoisotopic (exact) mass is 474 g/mol. The van der Waals surface area contributed by atoms with Gasteiger partial charge in [0, 0.05) is 37.3 Å². The van der Waals surface area contributed by atoms with Gasteiger partial charge in [-0.05, 0) is 56.7 Å². The summed E-state index contributed by atoms with van der Waals surface area (Å²) in [4.78, 5) is 31.0. The van der Waals surface area contributed by atoms with Crippen LogP contribution in [0.2, 0.25) is 0 Å². The molecule has 1 atom stereocenters. The minimum atomic E-state index is -0.268. The van der Waals surface area contributed by atoms with Gasteiger partial charge in [0.25, 0.3) is 5.91 Å². The first-order valence-electron chi connectivity index (χ1n) is 11.5. The van der Waals surface area contributed by atoms with Crippen molar-refractivity contribution in [1.82, 2.24) is 16.0 Å². The Hall–Kier alpha value is -2.72. The van der Waals surface area contributed by atoms with E-state index in [1.807, 2.05) is 25.1 Å². The molecule has 1 fully saturated rings. The molecule has 1 unspecified atom stereocenters. The summed E-state index contributed by atoms with van der Waals surface area (Å²) in [5, 5.41) is 17.5. The van der Waals surface area contributed by atoms with E-state index in [2.05, 4.69) is 30.6 Å². The number of carbonyl (C=O) groups is 2. The maximum atomic E-state index is 13.3. The SMILES string of the molecule is CC1=NCCCCC2CCCN(C2)c2cc(NSCCO)ccc2C(=O)N/C(=C/NC=O)N1. The molecule has 9 nitrogen and oxygen atoms in total. The molecule has 5 N–H and O–H groups in total. The fraction of sp³-hybridized carbons (Fsp3) is 0.522. The maximum absolute atomic E-state index is 13.3. The molecule has 2 heterocycles. The number of piperidine rings is 1. The third-order valence-corrected chi connectivity index (χ3v) is 6.48. The number of amidine groups is 1. The molecule has 1 saturated heterocycles. The largest absolute Gasteiger partial charge is 0.395 e. The summed E-state index contributed by atoms with van der Waals surface area (Å²) < 4.78 is 3.25. The number of rotatable bonds is 6. The summed E-state index contributed by atoms with van der Waals surface area (Å²) in [6.07, 6.45) is 7.55. The van der Waals surface area contributed by atoms with Crippen LogP contribution in [0.15, 0.2) is 35.2 Å². The highest BCUT2D eigenvalue weighted by Crippen LogP contribution is 2.31. The van der Waals surface area contributed by atoms with Gasteiger partial charge in [0.05, 0.1) is 23.7 Å². The normalized spacial score (nSPS) is 21.0. The van der Waals surface area contributed by atoms with E-state index < -0.39 is 0 Å². The lowest BCUT2D eigenvalue weighted by Crippen LogP contribution is -2.38. The van der Waals surface area contributed by atoms with E-state index in [1.165, 1.54) is 24.6 Å². The standard InChI is InChI=1S/C23H34N6O3S/c1-17-25-9-3-2-5-18-6-4-10-29(15-18)21-13-19(28-33-12-11-30)7-8-20(21)23(32)27-22(26-17)14-24-16-31/h7-8,13-14,16,18,28,30H,2-6,9-12,15H2,1H3,(H,24,31)(H,25,26)(H,27,32)/b22-14+. The van der Waals surface area contributed by atoms with Crippen LogP contribution in [0.3, 0.4) is 0 Å².